The van der Waals surface area contributed by atoms with Gasteiger partial charge in [-0.3, -0.25) is 4.79 Å². The average Bonchev–Trinajstić information content (AvgIpc) is 3.07. The third kappa shape index (κ3) is 3.38. The molecule has 3 aromatic rings. The first kappa shape index (κ1) is 17.5. The lowest BCUT2D eigenvalue weighted by molar-refractivity contribution is 0.102. The third-order valence-electron chi connectivity index (χ3n) is 4.50. The monoisotopic (exact) mass is 381 g/mol. The number of amides is 1. The summed E-state index contributed by atoms with van der Waals surface area (Å²) in [5, 5.41) is 7.36. The fourth-order valence-corrected chi connectivity index (χ4v) is 4.91. The van der Waals surface area contributed by atoms with Crippen LogP contribution in [0.25, 0.3) is 5.69 Å². The Hall–Kier alpha value is -2.93. The molecule has 1 aliphatic rings. The molecule has 0 saturated carbocycles. The minimum Gasteiger partial charge on any atom is -0.306 e. The van der Waals surface area contributed by atoms with Gasteiger partial charge in [0.15, 0.2) is 9.84 Å². The van der Waals surface area contributed by atoms with Gasteiger partial charge in [-0.05, 0) is 38.1 Å². The van der Waals surface area contributed by atoms with Crippen molar-refractivity contribution in [1.82, 2.24) is 9.78 Å². The SMILES string of the molecule is Cc1cc(C)cc(C(=O)Nc2c3c(nn2-c2ccccc2)CS(=O)(=O)C3)c1. The maximum Gasteiger partial charge on any atom is 0.256 e. The van der Waals surface area contributed by atoms with Crippen molar-refractivity contribution in [3.05, 3.63) is 76.5 Å². The molecular weight excluding hydrogens is 362 g/mol. The highest BCUT2D eigenvalue weighted by Crippen LogP contribution is 2.33. The van der Waals surface area contributed by atoms with Gasteiger partial charge in [-0.2, -0.15) is 5.10 Å². The van der Waals surface area contributed by atoms with Gasteiger partial charge in [0.25, 0.3) is 5.91 Å². The number of hydrogen-bond acceptors (Lipinski definition) is 4. The molecule has 1 aliphatic heterocycles. The van der Waals surface area contributed by atoms with Crippen molar-refractivity contribution in [2.24, 2.45) is 0 Å². The molecule has 1 aromatic heterocycles. The summed E-state index contributed by atoms with van der Waals surface area (Å²) in [6.45, 7) is 3.87. The second-order valence-corrected chi connectivity index (χ2v) is 8.95. The largest absolute Gasteiger partial charge is 0.306 e. The minimum atomic E-state index is -3.22. The molecule has 0 radical (unpaired) electrons. The highest BCUT2D eigenvalue weighted by atomic mass is 32.2. The third-order valence-corrected chi connectivity index (χ3v) is 5.95. The molecular formula is C20H19N3O3S. The molecule has 138 valence electrons. The summed E-state index contributed by atoms with van der Waals surface area (Å²) in [6.07, 6.45) is 0. The maximum atomic E-state index is 12.9. The molecule has 0 fully saturated rings. The molecule has 0 spiro atoms. The number of anilines is 1. The number of hydrogen-bond donors (Lipinski definition) is 1. The lowest BCUT2D eigenvalue weighted by Gasteiger charge is -2.12. The average molecular weight is 381 g/mol. The van der Waals surface area contributed by atoms with Crippen LogP contribution in [0.2, 0.25) is 0 Å². The van der Waals surface area contributed by atoms with Gasteiger partial charge < -0.3 is 5.32 Å². The van der Waals surface area contributed by atoms with Crippen molar-refractivity contribution in [3.63, 3.8) is 0 Å². The molecule has 0 saturated heterocycles. The van der Waals surface area contributed by atoms with Gasteiger partial charge in [0.2, 0.25) is 0 Å². The van der Waals surface area contributed by atoms with Crippen molar-refractivity contribution >= 4 is 21.6 Å². The number of benzene rings is 2. The molecule has 6 nitrogen and oxygen atoms in total. The quantitative estimate of drug-likeness (QED) is 0.756. The first-order valence-corrected chi connectivity index (χ1v) is 10.4. The molecule has 2 heterocycles. The van der Waals surface area contributed by atoms with Crippen molar-refractivity contribution in [2.45, 2.75) is 25.4 Å². The smallest absolute Gasteiger partial charge is 0.256 e. The second kappa shape index (κ2) is 6.35. The second-order valence-electron chi connectivity index (χ2n) is 6.88. The molecule has 0 atom stereocenters. The number of nitrogens with one attached hydrogen (secondary N) is 1. The number of para-hydroxylation sites is 1. The number of rotatable bonds is 3. The molecule has 1 amide bonds. The van der Waals surface area contributed by atoms with Crippen LogP contribution in [0, 0.1) is 13.8 Å². The van der Waals surface area contributed by atoms with Crippen molar-refractivity contribution in [2.75, 3.05) is 5.32 Å². The van der Waals surface area contributed by atoms with Gasteiger partial charge in [0.05, 0.1) is 22.9 Å². The van der Waals surface area contributed by atoms with Crippen LogP contribution in [0.15, 0.2) is 48.5 Å². The standard InChI is InChI=1S/C20H19N3O3S/c1-13-8-14(2)10-15(9-13)20(24)21-19-17-11-27(25,26)12-18(17)22-23(19)16-6-4-3-5-7-16/h3-10H,11-12H2,1-2H3,(H,21,24). The van der Waals surface area contributed by atoms with Crippen LogP contribution in [-0.2, 0) is 21.3 Å². The number of aromatic nitrogens is 2. The zero-order valence-corrected chi connectivity index (χ0v) is 15.9. The van der Waals surface area contributed by atoms with Gasteiger partial charge in [-0.1, -0.05) is 35.4 Å². The van der Waals surface area contributed by atoms with E-state index in [1.54, 1.807) is 4.68 Å². The van der Waals surface area contributed by atoms with E-state index < -0.39 is 9.84 Å². The van der Waals surface area contributed by atoms with Gasteiger partial charge in [-0.15, -0.1) is 0 Å². The van der Waals surface area contributed by atoms with E-state index in [1.807, 2.05) is 62.4 Å². The Labute approximate surface area is 157 Å². The zero-order chi connectivity index (χ0) is 19.2. The lowest BCUT2D eigenvalue weighted by atomic mass is 10.1. The van der Waals surface area contributed by atoms with E-state index in [-0.39, 0.29) is 17.4 Å². The van der Waals surface area contributed by atoms with Crippen LogP contribution in [-0.4, -0.2) is 24.1 Å². The van der Waals surface area contributed by atoms with Gasteiger partial charge in [0.1, 0.15) is 5.82 Å². The van der Waals surface area contributed by atoms with E-state index in [0.29, 0.717) is 22.6 Å². The predicted molar refractivity (Wildman–Crippen MR) is 104 cm³/mol. The van der Waals surface area contributed by atoms with E-state index in [4.69, 9.17) is 0 Å². The lowest BCUT2D eigenvalue weighted by Crippen LogP contribution is -2.17. The minimum absolute atomic E-state index is 0.103. The Morgan fingerprint density at radius 1 is 1.04 bits per heavy atom. The highest BCUT2D eigenvalue weighted by Gasteiger charge is 2.33. The van der Waals surface area contributed by atoms with E-state index in [2.05, 4.69) is 10.4 Å². The molecule has 0 aliphatic carbocycles. The fraction of sp³-hybridized carbons (Fsp3) is 0.200. The number of carbonyl (C=O) groups excluding carboxylic acids is 1. The summed E-state index contributed by atoms with van der Waals surface area (Å²) in [7, 11) is -3.22. The normalized spacial score (nSPS) is 14.7. The van der Waals surface area contributed by atoms with E-state index in [1.165, 1.54) is 0 Å². The predicted octanol–water partition coefficient (Wildman–Crippen LogP) is 3.17. The summed E-state index contributed by atoms with van der Waals surface area (Å²) in [6, 6.07) is 15.0. The number of fused-ring (bicyclic) bond motifs is 1. The summed E-state index contributed by atoms with van der Waals surface area (Å²) < 4.78 is 25.7. The number of aryl methyl sites for hydroxylation is 2. The molecule has 0 bridgehead atoms. The highest BCUT2D eigenvalue weighted by molar-refractivity contribution is 7.90. The Balaban J connectivity index is 1.78. The van der Waals surface area contributed by atoms with Crippen LogP contribution in [0.3, 0.4) is 0 Å². The van der Waals surface area contributed by atoms with Gasteiger partial charge in [-0.25, -0.2) is 13.1 Å². The topological polar surface area (TPSA) is 81.1 Å². The Morgan fingerprint density at radius 2 is 1.70 bits per heavy atom. The number of sulfone groups is 1. The summed E-state index contributed by atoms with van der Waals surface area (Å²) in [4.78, 5) is 12.9. The number of nitrogens with zero attached hydrogens (tertiary/aromatic N) is 2. The van der Waals surface area contributed by atoms with Crippen molar-refractivity contribution in [3.8, 4) is 5.69 Å². The Kier molecular flexibility index (Phi) is 4.11. The fourth-order valence-electron chi connectivity index (χ4n) is 3.41. The van der Waals surface area contributed by atoms with Crippen LogP contribution in [0.5, 0.6) is 0 Å². The van der Waals surface area contributed by atoms with Crippen LogP contribution in [0.1, 0.15) is 32.7 Å². The molecule has 2 aromatic carbocycles. The zero-order valence-electron chi connectivity index (χ0n) is 15.1. The molecule has 0 unspecified atom stereocenters. The first-order valence-electron chi connectivity index (χ1n) is 8.59. The van der Waals surface area contributed by atoms with E-state index in [0.717, 1.165) is 16.8 Å². The summed E-state index contributed by atoms with van der Waals surface area (Å²) in [5.74, 6) is -0.0842. The molecule has 27 heavy (non-hydrogen) atoms. The van der Waals surface area contributed by atoms with E-state index >= 15 is 0 Å². The van der Waals surface area contributed by atoms with Gasteiger partial charge >= 0.3 is 0 Å². The van der Waals surface area contributed by atoms with Crippen molar-refractivity contribution < 1.29 is 13.2 Å². The molecule has 4 rings (SSSR count). The Morgan fingerprint density at radius 3 is 2.37 bits per heavy atom. The maximum absolute atomic E-state index is 12.9. The van der Waals surface area contributed by atoms with Crippen LogP contribution in [0.4, 0.5) is 5.82 Å². The van der Waals surface area contributed by atoms with Gasteiger partial charge in [0, 0.05) is 11.1 Å². The summed E-state index contributed by atoms with van der Waals surface area (Å²) >= 11 is 0. The molecule has 7 heteroatoms. The van der Waals surface area contributed by atoms with Crippen LogP contribution >= 0.6 is 0 Å². The van der Waals surface area contributed by atoms with Crippen molar-refractivity contribution in [1.29, 1.82) is 0 Å². The first-order chi connectivity index (χ1) is 12.8. The Bertz CT molecular complexity index is 1130. The number of carbonyl (C=O) groups is 1. The summed E-state index contributed by atoms with van der Waals surface area (Å²) in [5.41, 5.74) is 4.34. The van der Waals surface area contributed by atoms with Crippen LogP contribution < -0.4 is 5.32 Å². The van der Waals surface area contributed by atoms with E-state index in [9.17, 15) is 13.2 Å². The molecule has 1 N–H and O–H groups in total.